The molecule has 0 spiro atoms. The van der Waals surface area contributed by atoms with Crippen molar-refractivity contribution >= 4 is 27.3 Å². The zero-order valence-corrected chi connectivity index (χ0v) is 20.6. The third kappa shape index (κ3) is 5.98. The largest absolute Gasteiger partial charge is 0.369 e. The first-order chi connectivity index (χ1) is 16.7. The Balaban J connectivity index is 1.47. The van der Waals surface area contributed by atoms with Crippen LogP contribution >= 0.6 is 0 Å². The van der Waals surface area contributed by atoms with E-state index >= 15 is 0 Å². The number of benzene rings is 3. The number of carbonyl (C=O) groups excluding carboxylic acids is 1. The Kier molecular flexibility index (Phi) is 7.37. The summed E-state index contributed by atoms with van der Waals surface area (Å²) < 4.78 is 41.9. The van der Waals surface area contributed by atoms with Gasteiger partial charge in [-0.3, -0.25) is 9.52 Å². The summed E-state index contributed by atoms with van der Waals surface area (Å²) in [4.78, 5) is 17.4. The van der Waals surface area contributed by atoms with Crippen LogP contribution in [0.25, 0.3) is 0 Å². The van der Waals surface area contributed by atoms with Gasteiger partial charge < -0.3 is 15.1 Å². The molecule has 0 aliphatic carbocycles. The molecule has 7 nitrogen and oxygen atoms in total. The summed E-state index contributed by atoms with van der Waals surface area (Å²) in [6, 6.07) is 18.5. The minimum atomic E-state index is -3.78. The highest BCUT2D eigenvalue weighted by atomic mass is 32.2. The van der Waals surface area contributed by atoms with E-state index in [1.54, 1.807) is 36.4 Å². The number of anilines is 2. The molecule has 1 aliphatic rings. The average molecular weight is 497 g/mol. The first kappa shape index (κ1) is 24.7. The third-order valence-corrected chi connectivity index (χ3v) is 7.50. The fourth-order valence-corrected chi connectivity index (χ4v) is 5.13. The number of halogens is 1. The average Bonchev–Trinajstić information content (AvgIpc) is 2.85. The Morgan fingerprint density at radius 3 is 2.26 bits per heavy atom. The molecule has 1 atom stereocenters. The molecule has 4 rings (SSSR count). The van der Waals surface area contributed by atoms with Crippen molar-refractivity contribution in [2.75, 3.05) is 42.8 Å². The van der Waals surface area contributed by atoms with Crippen molar-refractivity contribution < 1.29 is 17.6 Å². The van der Waals surface area contributed by atoms with Gasteiger partial charge in [-0.15, -0.1) is 0 Å². The van der Waals surface area contributed by atoms with Gasteiger partial charge in [0.05, 0.1) is 10.9 Å². The summed E-state index contributed by atoms with van der Waals surface area (Å²) in [6.07, 6.45) is 0. The second kappa shape index (κ2) is 10.5. The first-order valence-electron chi connectivity index (χ1n) is 11.4. The Hall–Kier alpha value is -3.43. The molecule has 2 N–H and O–H groups in total. The maximum atomic E-state index is 14.1. The van der Waals surface area contributed by atoms with Crippen LogP contribution in [-0.4, -0.2) is 52.5 Å². The van der Waals surface area contributed by atoms with E-state index in [0.29, 0.717) is 16.8 Å². The van der Waals surface area contributed by atoms with Crippen LogP contribution in [-0.2, 0) is 10.0 Å². The quantitative estimate of drug-likeness (QED) is 0.519. The van der Waals surface area contributed by atoms with Crippen molar-refractivity contribution in [1.82, 2.24) is 10.2 Å². The van der Waals surface area contributed by atoms with E-state index in [-0.39, 0.29) is 16.6 Å². The fourth-order valence-electron chi connectivity index (χ4n) is 4.07. The number of hydrogen-bond donors (Lipinski definition) is 2. The lowest BCUT2D eigenvalue weighted by atomic mass is 10.0. The number of nitrogens with one attached hydrogen (secondary N) is 2. The number of nitrogens with zero attached hydrogens (tertiary/aromatic N) is 2. The molecule has 9 heteroatoms. The summed E-state index contributed by atoms with van der Waals surface area (Å²) >= 11 is 0. The predicted octanol–water partition coefficient (Wildman–Crippen LogP) is 3.87. The van der Waals surface area contributed by atoms with E-state index in [1.165, 1.54) is 36.4 Å². The van der Waals surface area contributed by atoms with Crippen molar-refractivity contribution in [1.29, 1.82) is 0 Å². The van der Waals surface area contributed by atoms with Crippen molar-refractivity contribution in [3.05, 3.63) is 89.7 Å². The molecule has 1 aliphatic heterocycles. The van der Waals surface area contributed by atoms with Gasteiger partial charge in [0.25, 0.3) is 15.9 Å². The summed E-state index contributed by atoms with van der Waals surface area (Å²) in [5, 5.41) is 2.92. The molecular formula is C26H29FN4O3S. The van der Waals surface area contributed by atoms with Crippen LogP contribution < -0.4 is 14.9 Å². The first-order valence-corrected chi connectivity index (χ1v) is 12.9. The number of hydrogen-bond acceptors (Lipinski definition) is 5. The molecule has 1 amide bonds. The molecule has 0 saturated carbocycles. The second-order valence-electron chi connectivity index (χ2n) is 8.68. The van der Waals surface area contributed by atoms with Crippen LogP contribution in [0.4, 0.5) is 15.8 Å². The Morgan fingerprint density at radius 1 is 0.943 bits per heavy atom. The van der Waals surface area contributed by atoms with Gasteiger partial charge in [0.2, 0.25) is 0 Å². The predicted molar refractivity (Wildman–Crippen MR) is 136 cm³/mol. The van der Waals surface area contributed by atoms with E-state index in [9.17, 15) is 17.6 Å². The van der Waals surface area contributed by atoms with Crippen LogP contribution in [0.15, 0.2) is 77.7 Å². The minimum absolute atomic E-state index is 0.0495. The molecule has 3 aromatic carbocycles. The monoisotopic (exact) mass is 496 g/mol. The third-order valence-electron chi connectivity index (χ3n) is 6.10. The standard InChI is InChI=1S/C26H29FN4O3S/c1-19(24-18-21(27)10-13-25(24)31-16-14-30(2)15-17-31)28-26(32)20-8-11-23(12-9-20)35(33,34)29-22-6-4-3-5-7-22/h3-13,18-19,29H,14-17H2,1-2H3,(H,28,32). The van der Waals surface area contributed by atoms with Gasteiger partial charge in [-0.05, 0) is 68.6 Å². The fraction of sp³-hybridized carbons (Fsp3) is 0.269. The number of sulfonamides is 1. The van der Waals surface area contributed by atoms with Crippen LogP contribution in [0.3, 0.4) is 0 Å². The van der Waals surface area contributed by atoms with Crippen LogP contribution in [0.5, 0.6) is 0 Å². The SMILES string of the molecule is CC(NC(=O)c1ccc(S(=O)(=O)Nc2ccccc2)cc1)c1cc(F)ccc1N1CCN(C)CC1. The molecule has 1 fully saturated rings. The highest BCUT2D eigenvalue weighted by Gasteiger charge is 2.22. The lowest BCUT2D eigenvalue weighted by molar-refractivity contribution is 0.0939. The highest BCUT2D eigenvalue weighted by molar-refractivity contribution is 7.92. The zero-order chi connectivity index (χ0) is 25.0. The van der Waals surface area contributed by atoms with Crippen LogP contribution in [0.2, 0.25) is 0 Å². The molecule has 1 heterocycles. The Morgan fingerprint density at radius 2 is 1.60 bits per heavy atom. The Labute approximate surface area is 205 Å². The second-order valence-corrected chi connectivity index (χ2v) is 10.4. The van der Waals surface area contributed by atoms with Gasteiger partial charge in [0.1, 0.15) is 5.82 Å². The van der Waals surface area contributed by atoms with E-state index in [2.05, 4.69) is 26.9 Å². The van der Waals surface area contributed by atoms with Gasteiger partial charge in [-0.1, -0.05) is 18.2 Å². The number of likely N-dealkylation sites (N-methyl/N-ethyl adjacent to an activating group) is 1. The van der Waals surface area contributed by atoms with Crippen molar-refractivity contribution in [2.24, 2.45) is 0 Å². The van der Waals surface area contributed by atoms with Gasteiger partial charge >= 0.3 is 0 Å². The number of rotatable bonds is 7. The molecular weight excluding hydrogens is 467 g/mol. The normalized spacial score (nSPS) is 15.5. The Bertz CT molecular complexity index is 1280. The summed E-state index contributed by atoms with van der Waals surface area (Å²) in [5.41, 5.74) is 2.37. The molecule has 0 radical (unpaired) electrons. The van der Waals surface area contributed by atoms with Crippen LogP contribution in [0.1, 0.15) is 28.9 Å². The summed E-state index contributed by atoms with van der Waals surface area (Å²) in [6.45, 7) is 5.28. The number of carbonyl (C=O) groups is 1. The smallest absolute Gasteiger partial charge is 0.261 e. The summed E-state index contributed by atoms with van der Waals surface area (Å²) in [7, 11) is -1.71. The summed E-state index contributed by atoms with van der Waals surface area (Å²) in [5.74, 6) is -0.731. The molecule has 0 bridgehead atoms. The number of piperazine rings is 1. The molecule has 35 heavy (non-hydrogen) atoms. The van der Waals surface area contributed by atoms with E-state index < -0.39 is 16.1 Å². The van der Waals surface area contributed by atoms with Gasteiger partial charge in [0, 0.05) is 48.7 Å². The highest BCUT2D eigenvalue weighted by Crippen LogP contribution is 2.28. The van der Waals surface area contributed by atoms with Crippen molar-refractivity contribution in [3.63, 3.8) is 0 Å². The van der Waals surface area contributed by atoms with E-state index in [1.807, 2.05) is 6.92 Å². The molecule has 1 saturated heterocycles. The van der Waals surface area contributed by atoms with Gasteiger partial charge in [0.15, 0.2) is 0 Å². The molecule has 3 aromatic rings. The number of para-hydroxylation sites is 1. The van der Waals surface area contributed by atoms with Crippen molar-refractivity contribution in [3.8, 4) is 0 Å². The maximum Gasteiger partial charge on any atom is 0.261 e. The lowest BCUT2D eigenvalue weighted by Crippen LogP contribution is -2.45. The topological polar surface area (TPSA) is 81.7 Å². The van der Waals surface area contributed by atoms with E-state index in [4.69, 9.17) is 0 Å². The number of amides is 1. The minimum Gasteiger partial charge on any atom is -0.369 e. The van der Waals surface area contributed by atoms with Crippen molar-refractivity contribution in [2.45, 2.75) is 17.9 Å². The lowest BCUT2D eigenvalue weighted by Gasteiger charge is -2.36. The van der Waals surface area contributed by atoms with Gasteiger partial charge in [-0.2, -0.15) is 0 Å². The molecule has 1 unspecified atom stereocenters. The van der Waals surface area contributed by atoms with E-state index in [0.717, 1.165) is 31.9 Å². The molecule has 0 aromatic heterocycles. The molecule has 184 valence electrons. The van der Waals surface area contributed by atoms with Gasteiger partial charge in [-0.25, -0.2) is 12.8 Å². The zero-order valence-electron chi connectivity index (χ0n) is 19.7. The maximum absolute atomic E-state index is 14.1. The van der Waals surface area contributed by atoms with Crippen LogP contribution in [0, 0.1) is 5.82 Å².